The zero-order valence-electron chi connectivity index (χ0n) is 15.1. The van der Waals surface area contributed by atoms with Crippen LogP contribution in [0.2, 0.25) is 0 Å². The Labute approximate surface area is 164 Å². The van der Waals surface area contributed by atoms with Crippen LogP contribution in [-0.2, 0) is 4.79 Å². The average molecular weight is 366 g/mol. The van der Waals surface area contributed by atoms with Gasteiger partial charge in [0.1, 0.15) is 0 Å². The second kappa shape index (κ2) is 9.02. The summed E-state index contributed by atoms with van der Waals surface area (Å²) in [4.78, 5) is 16.0. The molecule has 3 aromatic rings. The fourth-order valence-electron chi connectivity index (χ4n) is 2.74. The highest BCUT2D eigenvalue weighted by Crippen LogP contribution is 2.34. The lowest BCUT2D eigenvalue weighted by Crippen LogP contribution is -2.09. The minimum atomic E-state index is -1.23. The van der Waals surface area contributed by atoms with E-state index in [9.17, 15) is 4.79 Å². The summed E-state index contributed by atoms with van der Waals surface area (Å²) in [6, 6.07) is 28.2. The molecular formula is C24H18N2O2. The average Bonchev–Trinajstić information content (AvgIpc) is 2.74. The van der Waals surface area contributed by atoms with E-state index in [1.54, 1.807) is 12.2 Å². The van der Waals surface area contributed by atoms with Crippen molar-refractivity contribution >= 4 is 29.1 Å². The Kier molecular flexibility index (Phi) is 6.02. The molecule has 0 aromatic heterocycles. The molecule has 4 nitrogen and oxygen atoms in total. The van der Waals surface area contributed by atoms with Crippen molar-refractivity contribution in [1.82, 2.24) is 0 Å². The third-order valence-corrected chi connectivity index (χ3v) is 4.06. The van der Waals surface area contributed by atoms with Gasteiger partial charge in [0.05, 0.1) is 6.57 Å². The molecular weight excluding hydrogens is 348 g/mol. The predicted molar refractivity (Wildman–Crippen MR) is 112 cm³/mol. The van der Waals surface area contributed by atoms with Crippen molar-refractivity contribution in [3.05, 3.63) is 120 Å². The number of carboxylic acid groups (broad SMARTS) is 1. The molecule has 0 aliphatic carbocycles. The lowest BCUT2D eigenvalue weighted by Gasteiger charge is -2.25. The van der Waals surface area contributed by atoms with Gasteiger partial charge < -0.3 is 10.0 Å². The topological polar surface area (TPSA) is 44.9 Å². The number of hydrogen-bond acceptors (Lipinski definition) is 2. The Morgan fingerprint density at radius 2 is 1.32 bits per heavy atom. The summed E-state index contributed by atoms with van der Waals surface area (Å²) in [5, 5.41) is 8.86. The lowest BCUT2D eigenvalue weighted by molar-refractivity contribution is -0.132. The third kappa shape index (κ3) is 4.54. The number of hydrogen-bond donors (Lipinski definition) is 1. The Hall–Kier alpha value is -4.10. The summed E-state index contributed by atoms with van der Waals surface area (Å²) < 4.78 is 0. The van der Waals surface area contributed by atoms with Crippen molar-refractivity contribution in [2.24, 2.45) is 0 Å². The molecule has 0 aliphatic heterocycles. The van der Waals surface area contributed by atoms with Gasteiger partial charge in [0.25, 0.3) is 5.70 Å². The van der Waals surface area contributed by atoms with Gasteiger partial charge in [-0.2, -0.15) is 0 Å². The van der Waals surface area contributed by atoms with Crippen molar-refractivity contribution in [3.63, 3.8) is 0 Å². The molecule has 0 atom stereocenters. The number of allylic oxidation sites excluding steroid dienone is 2. The van der Waals surface area contributed by atoms with Crippen LogP contribution >= 0.6 is 0 Å². The largest absolute Gasteiger partial charge is 0.486 e. The van der Waals surface area contributed by atoms with Crippen LogP contribution in [0.4, 0.5) is 17.1 Å². The molecule has 0 amide bonds. The number of aliphatic carboxylic acids is 1. The first-order valence-corrected chi connectivity index (χ1v) is 8.68. The summed E-state index contributed by atoms with van der Waals surface area (Å²) in [6.07, 6.45) is 4.64. The van der Waals surface area contributed by atoms with Gasteiger partial charge in [0.15, 0.2) is 0 Å². The molecule has 0 bridgehead atoms. The van der Waals surface area contributed by atoms with Crippen LogP contribution in [0.5, 0.6) is 0 Å². The van der Waals surface area contributed by atoms with Crippen molar-refractivity contribution in [2.45, 2.75) is 0 Å². The first-order valence-electron chi connectivity index (χ1n) is 8.68. The monoisotopic (exact) mass is 366 g/mol. The number of benzene rings is 3. The molecule has 0 saturated heterocycles. The molecule has 1 N–H and O–H groups in total. The van der Waals surface area contributed by atoms with Crippen LogP contribution in [0.15, 0.2) is 103 Å². The highest BCUT2D eigenvalue weighted by molar-refractivity contribution is 5.89. The number of carboxylic acids is 1. The van der Waals surface area contributed by atoms with Gasteiger partial charge in [0.2, 0.25) is 0 Å². The Morgan fingerprint density at radius 1 is 0.821 bits per heavy atom. The van der Waals surface area contributed by atoms with Crippen LogP contribution in [-0.4, -0.2) is 11.1 Å². The van der Waals surface area contributed by atoms with E-state index in [1.807, 2.05) is 60.7 Å². The van der Waals surface area contributed by atoms with Crippen LogP contribution in [0.25, 0.3) is 10.9 Å². The Morgan fingerprint density at radius 3 is 1.79 bits per heavy atom. The van der Waals surface area contributed by atoms with Gasteiger partial charge in [-0.25, -0.2) is 4.85 Å². The highest BCUT2D eigenvalue weighted by atomic mass is 16.4. The summed E-state index contributed by atoms with van der Waals surface area (Å²) in [5.41, 5.74) is 3.73. The molecule has 4 heteroatoms. The third-order valence-electron chi connectivity index (χ3n) is 4.06. The molecule has 136 valence electrons. The van der Waals surface area contributed by atoms with E-state index in [-0.39, 0.29) is 5.70 Å². The van der Waals surface area contributed by atoms with Crippen molar-refractivity contribution in [3.8, 4) is 0 Å². The van der Waals surface area contributed by atoms with E-state index >= 15 is 0 Å². The number of para-hydroxylation sites is 2. The molecule has 3 rings (SSSR count). The van der Waals surface area contributed by atoms with E-state index in [0.29, 0.717) is 0 Å². The summed E-state index contributed by atoms with van der Waals surface area (Å²) in [5.74, 6) is -1.23. The lowest BCUT2D eigenvalue weighted by atomic mass is 10.1. The van der Waals surface area contributed by atoms with Gasteiger partial charge in [0, 0.05) is 17.1 Å². The first-order chi connectivity index (χ1) is 13.7. The Bertz CT molecular complexity index is 992. The summed E-state index contributed by atoms with van der Waals surface area (Å²) in [6.45, 7) is 6.85. The van der Waals surface area contributed by atoms with Crippen LogP contribution in [0.1, 0.15) is 5.56 Å². The normalized spacial score (nSPS) is 11.2. The summed E-state index contributed by atoms with van der Waals surface area (Å²) in [7, 11) is 0. The smallest absolute Gasteiger partial charge is 0.333 e. The maximum Gasteiger partial charge on any atom is 0.333 e. The molecule has 28 heavy (non-hydrogen) atoms. The number of anilines is 3. The van der Waals surface area contributed by atoms with Crippen molar-refractivity contribution in [2.75, 3.05) is 4.90 Å². The van der Waals surface area contributed by atoms with Gasteiger partial charge in [-0.3, -0.25) is 4.79 Å². The molecule has 0 heterocycles. The maximum atomic E-state index is 10.8. The van der Waals surface area contributed by atoms with E-state index in [1.165, 1.54) is 6.08 Å². The van der Waals surface area contributed by atoms with Gasteiger partial charge in [-0.05, 0) is 48.0 Å². The minimum absolute atomic E-state index is 0.313. The van der Waals surface area contributed by atoms with E-state index in [4.69, 9.17) is 11.7 Å². The maximum absolute atomic E-state index is 10.8. The van der Waals surface area contributed by atoms with Gasteiger partial charge in [-0.15, -0.1) is 0 Å². The van der Waals surface area contributed by atoms with E-state index < -0.39 is 5.97 Å². The second-order valence-electron chi connectivity index (χ2n) is 5.93. The van der Waals surface area contributed by atoms with Crippen molar-refractivity contribution in [1.29, 1.82) is 0 Å². The Balaban J connectivity index is 1.89. The van der Waals surface area contributed by atoms with Crippen LogP contribution < -0.4 is 4.90 Å². The number of carbonyl (C=O) groups is 1. The van der Waals surface area contributed by atoms with Gasteiger partial charge in [-0.1, -0.05) is 60.7 Å². The fourth-order valence-corrected chi connectivity index (χ4v) is 2.74. The minimum Gasteiger partial charge on any atom is -0.486 e. The van der Waals surface area contributed by atoms with E-state index in [2.05, 4.69) is 34.0 Å². The molecule has 0 aliphatic rings. The van der Waals surface area contributed by atoms with Gasteiger partial charge >= 0.3 is 5.97 Å². The molecule has 0 radical (unpaired) electrons. The number of rotatable bonds is 6. The first kappa shape index (κ1) is 18.7. The molecule has 0 unspecified atom stereocenters. The molecule has 0 saturated carbocycles. The molecule has 0 fully saturated rings. The molecule has 3 aromatic carbocycles. The zero-order valence-corrected chi connectivity index (χ0v) is 15.1. The van der Waals surface area contributed by atoms with Crippen molar-refractivity contribution < 1.29 is 9.90 Å². The molecule has 0 spiro atoms. The van der Waals surface area contributed by atoms with Crippen LogP contribution in [0.3, 0.4) is 0 Å². The second-order valence-corrected chi connectivity index (χ2v) is 5.93. The number of nitrogens with zero attached hydrogens (tertiary/aromatic N) is 2. The van der Waals surface area contributed by atoms with Crippen LogP contribution in [0, 0.1) is 6.57 Å². The van der Waals surface area contributed by atoms with E-state index in [0.717, 1.165) is 22.6 Å². The standard InChI is InChI=1S/C24H18N2O2/c1-25-23(24(27)28)14-8-9-19-15-17-22(18-16-19)26(20-10-4-2-5-11-20)21-12-6-3-7-13-21/h2-18H,(H,27,28)/b9-8+,23-14-. The predicted octanol–water partition coefficient (Wildman–Crippen LogP) is 6.06. The SMILES string of the molecule is [C-]#[N+]/C(=C\C=C\c1ccc(N(c2ccccc2)c2ccccc2)cc1)C(=O)O. The quantitative estimate of drug-likeness (QED) is 0.328. The fraction of sp³-hybridized carbons (Fsp3) is 0. The zero-order chi connectivity index (χ0) is 19.8. The highest BCUT2D eigenvalue weighted by Gasteiger charge is 2.11. The summed E-state index contributed by atoms with van der Waals surface area (Å²) >= 11 is 0.